The maximum atomic E-state index is 11.6. The van der Waals surface area contributed by atoms with Crippen LogP contribution < -0.4 is 0 Å². The Morgan fingerprint density at radius 3 is 2.87 bits per heavy atom. The van der Waals surface area contributed by atoms with Crippen molar-refractivity contribution in [1.82, 2.24) is 4.90 Å². The summed E-state index contributed by atoms with van der Waals surface area (Å²) in [6.45, 7) is 9.92. The minimum atomic E-state index is 0.102. The van der Waals surface area contributed by atoms with Gasteiger partial charge in [0.1, 0.15) is 0 Å². The molecule has 1 aliphatic heterocycles. The van der Waals surface area contributed by atoms with Crippen LogP contribution in [0.3, 0.4) is 0 Å². The van der Waals surface area contributed by atoms with Gasteiger partial charge in [0.25, 0.3) is 0 Å². The van der Waals surface area contributed by atoms with E-state index in [1.54, 1.807) is 0 Å². The van der Waals surface area contributed by atoms with Crippen molar-refractivity contribution in [2.75, 3.05) is 13.1 Å². The fourth-order valence-corrected chi connectivity index (χ4v) is 2.42. The van der Waals surface area contributed by atoms with Crippen molar-refractivity contribution < 1.29 is 4.79 Å². The Bertz CT molecular complexity index is 223. The summed E-state index contributed by atoms with van der Waals surface area (Å²) >= 11 is 0. The van der Waals surface area contributed by atoms with Gasteiger partial charge in [-0.3, -0.25) is 4.79 Å². The molecular formula is C13H23NO. The normalized spacial score (nSPS) is 22.6. The molecule has 1 atom stereocenters. The van der Waals surface area contributed by atoms with Gasteiger partial charge in [0.05, 0.1) is 0 Å². The van der Waals surface area contributed by atoms with Crippen molar-refractivity contribution in [3.63, 3.8) is 0 Å². The van der Waals surface area contributed by atoms with Gasteiger partial charge >= 0.3 is 0 Å². The van der Waals surface area contributed by atoms with Gasteiger partial charge in [0, 0.05) is 13.1 Å². The average Bonchev–Trinajstić information content (AvgIpc) is 2.41. The topological polar surface area (TPSA) is 20.3 Å². The number of likely N-dealkylation sites (tertiary alicyclic amines) is 1. The van der Waals surface area contributed by atoms with Gasteiger partial charge < -0.3 is 4.90 Å². The Labute approximate surface area is 93.3 Å². The SMILES string of the molecule is C=CC(=O)N1CCCCC(CC(C)C)C1. The summed E-state index contributed by atoms with van der Waals surface area (Å²) < 4.78 is 0. The lowest BCUT2D eigenvalue weighted by Gasteiger charge is -2.24. The molecule has 0 bridgehead atoms. The van der Waals surface area contributed by atoms with Crippen molar-refractivity contribution in [3.8, 4) is 0 Å². The van der Waals surface area contributed by atoms with E-state index in [1.807, 2.05) is 4.90 Å². The maximum absolute atomic E-state index is 11.6. The summed E-state index contributed by atoms with van der Waals surface area (Å²) in [5.41, 5.74) is 0. The summed E-state index contributed by atoms with van der Waals surface area (Å²) in [5, 5.41) is 0. The maximum Gasteiger partial charge on any atom is 0.245 e. The standard InChI is InChI=1S/C13H23NO/c1-4-13(15)14-8-6-5-7-12(10-14)9-11(2)3/h4,11-12H,1,5-10H2,2-3H3. The number of hydrogen-bond donors (Lipinski definition) is 0. The molecule has 1 rings (SSSR count). The van der Waals surface area contributed by atoms with Crippen LogP contribution >= 0.6 is 0 Å². The summed E-state index contributed by atoms with van der Waals surface area (Å²) in [5.74, 6) is 1.52. The number of carbonyl (C=O) groups excluding carboxylic acids is 1. The van der Waals surface area contributed by atoms with Gasteiger partial charge in [-0.2, -0.15) is 0 Å². The van der Waals surface area contributed by atoms with Crippen LogP contribution in [0.1, 0.15) is 39.5 Å². The van der Waals surface area contributed by atoms with E-state index in [0.717, 1.165) is 25.4 Å². The summed E-state index contributed by atoms with van der Waals surface area (Å²) in [6, 6.07) is 0. The van der Waals surface area contributed by atoms with Gasteiger partial charge in [0.2, 0.25) is 5.91 Å². The molecule has 0 aromatic heterocycles. The van der Waals surface area contributed by atoms with Crippen molar-refractivity contribution in [1.29, 1.82) is 0 Å². The van der Waals surface area contributed by atoms with Crippen molar-refractivity contribution >= 4 is 5.91 Å². The van der Waals surface area contributed by atoms with Gasteiger partial charge in [-0.15, -0.1) is 0 Å². The van der Waals surface area contributed by atoms with E-state index in [0.29, 0.717) is 5.92 Å². The van der Waals surface area contributed by atoms with E-state index in [-0.39, 0.29) is 5.91 Å². The largest absolute Gasteiger partial charge is 0.339 e. The molecular weight excluding hydrogens is 186 g/mol. The van der Waals surface area contributed by atoms with Gasteiger partial charge in [-0.05, 0) is 37.2 Å². The van der Waals surface area contributed by atoms with Crippen LogP contribution in [0, 0.1) is 11.8 Å². The molecule has 0 saturated carbocycles. The van der Waals surface area contributed by atoms with Crippen molar-refractivity contribution in [2.45, 2.75) is 39.5 Å². The van der Waals surface area contributed by atoms with Crippen LogP contribution in [0.4, 0.5) is 0 Å². The lowest BCUT2D eigenvalue weighted by molar-refractivity contribution is -0.126. The zero-order valence-electron chi connectivity index (χ0n) is 10.0. The second-order valence-corrected chi connectivity index (χ2v) is 4.98. The predicted molar refractivity (Wildman–Crippen MR) is 63.6 cm³/mol. The van der Waals surface area contributed by atoms with E-state index < -0.39 is 0 Å². The molecule has 0 aromatic rings. The second kappa shape index (κ2) is 5.94. The highest BCUT2D eigenvalue weighted by molar-refractivity contribution is 5.86. The van der Waals surface area contributed by atoms with E-state index in [4.69, 9.17) is 0 Å². The molecule has 2 nitrogen and oxygen atoms in total. The second-order valence-electron chi connectivity index (χ2n) is 4.98. The molecule has 1 fully saturated rings. The van der Waals surface area contributed by atoms with Crippen molar-refractivity contribution in [2.24, 2.45) is 11.8 Å². The first-order valence-electron chi connectivity index (χ1n) is 6.04. The molecule has 86 valence electrons. The third-order valence-corrected chi connectivity index (χ3v) is 3.06. The summed E-state index contributed by atoms with van der Waals surface area (Å²) in [6.07, 6.45) is 6.37. The van der Waals surface area contributed by atoms with E-state index >= 15 is 0 Å². The highest BCUT2D eigenvalue weighted by atomic mass is 16.2. The molecule has 1 heterocycles. The Kier molecular flexibility index (Phi) is 4.86. The molecule has 0 aliphatic carbocycles. The smallest absolute Gasteiger partial charge is 0.245 e. The lowest BCUT2D eigenvalue weighted by Crippen LogP contribution is -2.33. The van der Waals surface area contributed by atoms with Gasteiger partial charge in [-0.1, -0.05) is 26.8 Å². The van der Waals surface area contributed by atoms with Crippen LogP contribution in [0.5, 0.6) is 0 Å². The van der Waals surface area contributed by atoms with Crippen LogP contribution in [-0.2, 0) is 4.79 Å². The third-order valence-electron chi connectivity index (χ3n) is 3.06. The lowest BCUT2D eigenvalue weighted by atomic mass is 9.93. The molecule has 0 radical (unpaired) electrons. The van der Waals surface area contributed by atoms with E-state index in [1.165, 1.54) is 25.3 Å². The molecule has 0 spiro atoms. The van der Waals surface area contributed by atoms with Gasteiger partial charge in [-0.25, -0.2) is 0 Å². The van der Waals surface area contributed by atoms with Crippen LogP contribution in [0.2, 0.25) is 0 Å². The number of hydrogen-bond acceptors (Lipinski definition) is 1. The summed E-state index contributed by atoms with van der Waals surface area (Å²) in [7, 11) is 0. The molecule has 2 heteroatoms. The molecule has 1 aliphatic rings. The number of rotatable bonds is 3. The van der Waals surface area contributed by atoms with Crippen molar-refractivity contribution in [3.05, 3.63) is 12.7 Å². The monoisotopic (exact) mass is 209 g/mol. The molecule has 0 N–H and O–H groups in total. The Hall–Kier alpha value is -0.790. The highest BCUT2D eigenvalue weighted by Crippen LogP contribution is 2.22. The van der Waals surface area contributed by atoms with Crippen LogP contribution in [-0.4, -0.2) is 23.9 Å². The molecule has 1 unspecified atom stereocenters. The molecule has 1 amide bonds. The Morgan fingerprint density at radius 2 is 2.27 bits per heavy atom. The zero-order chi connectivity index (χ0) is 11.3. The first-order chi connectivity index (χ1) is 7.13. The fourth-order valence-electron chi connectivity index (χ4n) is 2.42. The quantitative estimate of drug-likeness (QED) is 0.654. The average molecular weight is 209 g/mol. The van der Waals surface area contributed by atoms with E-state index in [9.17, 15) is 4.79 Å². The molecule has 0 aromatic carbocycles. The Morgan fingerprint density at radius 1 is 1.53 bits per heavy atom. The number of carbonyl (C=O) groups is 1. The predicted octanol–water partition coefficient (Wildman–Crippen LogP) is 2.85. The number of amides is 1. The third kappa shape index (κ3) is 4.06. The van der Waals surface area contributed by atoms with Gasteiger partial charge in [0.15, 0.2) is 0 Å². The first kappa shape index (κ1) is 12.3. The number of nitrogens with zero attached hydrogens (tertiary/aromatic N) is 1. The summed E-state index contributed by atoms with van der Waals surface area (Å²) in [4.78, 5) is 13.5. The molecule has 15 heavy (non-hydrogen) atoms. The van der Waals surface area contributed by atoms with E-state index in [2.05, 4.69) is 20.4 Å². The first-order valence-corrected chi connectivity index (χ1v) is 6.04. The minimum absolute atomic E-state index is 0.102. The zero-order valence-corrected chi connectivity index (χ0v) is 10.0. The fraction of sp³-hybridized carbons (Fsp3) is 0.769. The molecule has 1 saturated heterocycles. The van der Waals surface area contributed by atoms with Crippen LogP contribution in [0.15, 0.2) is 12.7 Å². The highest BCUT2D eigenvalue weighted by Gasteiger charge is 2.20. The minimum Gasteiger partial charge on any atom is -0.339 e. The van der Waals surface area contributed by atoms with Crippen LogP contribution in [0.25, 0.3) is 0 Å². The Balaban J connectivity index is 2.52.